The van der Waals surface area contributed by atoms with E-state index in [0.29, 0.717) is 13.2 Å². The molecule has 0 bridgehead atoms. The van der Waals surface area contributed by atoms with Crippen molar-refractivity contribution in [1.29, 1.82) is 0 Å². The maximum atomic E-state index is 5.92. The molecular formula is C15H22O3. The summed E-state index contributed by atoms with van der Waals surface area (Å²) in [5.74, 6) is 0.354. The van der Waals surface area contributed by atoms with Crippen molar-refractivity contribution in [3.05, 3.63) is 29.3 Å². The Labute approximate surface area is 109 Å². The lowest BCUT2D eigenvalue weighted by Gasteiger charge is -2.29. The first-order valence-electron chi connectivity index (χ1n) is 6.71. The number of hydrogen-bond acceptors (Lipinski definition) is 3. The first kappa shape index (κ1) is 13.4. The highest BCUT2D eigenvalue weighted by molar-refractivity contribution is 5.38. The molecule has 0 radical (unpaired) electrons. The lowest BCUT2D eigenvalue weighted by molar-refractivity contribution is -0.171. The van der Waals surface area contributed by atoms with Gasteiger partial charge in [0.1, 0.15) is 5.75 Å². The average Bonchev–Trinajstić information content (AvgIpc) is 2.88. The van der Waals surface area contributed by atoms with Crippen molar-refractivity contribution in [3.63, 3.8) is 0 Å². The summed E-state index contributed by atoms with van der Waals surface area (Å²) < 4.78 is 17.1. The Morgan fingerprint density at radius 2 is 1.94 bits per heavy atom. The highest BCUT2D eigenvalue weighted by Crippen LogP contribution is 2.39. The topological polar surface area (TPSA) is 27.7 Å². The van der Waals surface area contributed by atoms with E-state index >= 15 is 0 Å². The maximum Gasteiger partial charge on any atom is 0.195 e. The van der Waals surface area contributed by atoms with E-state index in [0.717, 1.165) is 30.6 Å². The molecule has 0 aromatic heterocycles. The molecule has 0 atom stereocenters. The highest BCUT2D eigenvalue weighted by Gasteiger charge is 2.39. The lowest BCUT2D eigenvalue weighted by Crippen LogP contribution is -2.28. The molecule has 1 saturated heterocycles. The van der Waals surface area contributed by atoms with E-state index in [1.165, 1.54) is 5.56 Å². The summed E-state index contributed by atoms with van der Waals surface area (Å²) in [6.07, 6.45) is 2.88. The third-order valence-corrected chi connectivity index (χ3v) is 3.44. The van der Waals surface area contributed by atoms with Crippen molar-refractivity contribution in [3.8, 4) is 5.75 Å². The van der Waals surface area contributed by atoms with Gasteiger partial charge in [-0.1, -0.05) is 20.3 Å². The van der Waals surface area contributed by atoms with Crippen LogP contribution in [0.5, 0.6) is 5.75 Å². The first-order valence-corrected chi connectivity index (χ1v) is 6.71. The van der Waals surface area contributed by atoms with Crippen LogP contribution in [0.2, 0.25) is 0 Å². The molecule has 0 amide bonds. The maximum absolute atomic E-state index is 5.92. The van der Waals surface area contributed by atoms with Crippen LogP contribution >= 0.6 is 0 Å². The van der Waals surface area contributed by atoms with E-state index in [9.17, 15) is 0 Å². The van der Waals surface area contributed by atoms with Crippen molar-refractivity contribution in [2.75, 3.05) is 20.3 Å². The zero-order valence-corrected chi connectivity index (χ0v) is 11.5. The number of aryl methyl sites for hydroxylation is 1. The molecule has 0 spiro atoms. The normalized spacial score (nSPS) is 17.9. The summed E-state index contributed by atoms with van der Waals surface area (Å²) in [5.41, 5.74) is 2.40. The SMILES string of the molecule is CCCC1(c2ccc(OC)cc2CC)OCCO1. The summed E-state index contributed by atoms with van der Waals surface area (Å²) in [7, 11) is 1.69. The molecule has 2 rings (SSSR count). The minimum Gasteiger partial charge on any atom is -0.497 e. The molecule has 1 aliphatic heterocycles. The molecule has 3 nitrogen and oxygen atoms in total. The highest BCUT2D eigenvalue weighted by atomic mass is 16.7. The van der Waals surface area contributed by atoms with E-state index in [2.05, 4.69) is 26.0 Å². The Morgan fingerprint density at radius 1 is 1.22 bits per heavy atom. The molecule has 1 heterocycles. The molecule has 0 aliphatic carbocycles. The Morgan fingerprint density at radius 3 is 2.50 bits per heavy atom. The minimum atomic E-state index is -0.535. The summed E-state index contributed by atoms with van der Waals surface area (Å²) in [6, 6.07) is 6.15. The van der Waals surface area contributed by atoms with Crippen LogP contribution < -0.4 is 4.74 Å². The minimum absolute atomic E-state index is 0.535. The molecule has 1 aromatic carbocycles. The van der Waals surface area contributed by atoms with Gasteiger partial charge in [-0.25, -0.2) is 0 Å². The van der Waals surface area contributed by atoms with Crippen molar-refractivity contribution >= 4 is 0 Å². The summed E-state index contributed by atoms with van der Waals surface area (Å²) in [4.78, 5) is 0. The fraction of sp³-hybridized carbons (Fsp3) is 0.600. The van der Waals surface area contributed by atoms with Crippen molar-refractivity contribution < 1.29 is 14.2 Å². The monoisotopic (exact) mass is 250 g/mol. The number of rotatable bonds is 5. The Balaban J connectivity index is 2.40. The van der Waals surface area contributed by atoms with E-state index < -0.39 is 5.79 Å². The van der Waals surface area contributed by atoms with Gasteiger partial charge in [-0.3, -0.25) is 0 Å². The van der Waals surface area contributed by atoms with Crippen LogP contribution in [0.1, 0.15) is 37.8 Å². The van der Waals surface area contributed by atoms with Gasteiger partial charge < -0.3 is 14.2 Å². The molecule has 1 aliphatic rings. The smallest absolute Gasteiger partial charge is 0.195 e. The summed E-state index contributed by atoms with van der Waals surface area (Å²) in [6.45, 7) is 5.65. The van der Waals surface area contributed by atoms with Gasteiger partial charge in [-0.05, 0) is 30.2 Å². The average molecular weight is 250 g/mol. The van der Waals surface area contributed by atoms with Crippen LogP contribution in [0, 0.1) is 0 Å². The van der Waals surface area contributed by atoms with E-state index in [1.807, 2.05) is 6.07 Å². The standard InChI is InChI=1S/C15H22O3/c1-4-8-15(17-9-10-18-15)14-7-6-13(16-3)11-12(14)5-2/h6-7,11H,4-5,8-10H2,1-3H3. The molecule has 1 aromatic rings. The quantitative estimate of drug-likeness (QED) is 0.802. The number of benzene rings is 1. The third kappa shape index (κ3) is 2.38. The van der Waals surface area contributed by atoms with Crippen LogP contribution in [-0.4, -0.2) is 20.3 Å². The van der Waals surface area contributed by atoms with Crippen molar-refractivity contribution in [1.82, 2.24) is 0 Å². The van der Waals surface area contributed by atoms with Gasteiger partial charge in [-0.2, -0.15) is 0 Å². The zero-order valence-electron chi connectivity index (χ0n) is 11.5. The molecular weight excluding hydrogens is 228 g/mol. The summed E-state index contributed by atoms with van der Waals surface area (Å²) >= 11 is 0. The fourth-order valence-corrected chi connectivity index (χ4v) is 2.58. The number of methoxy groups -OCH3 is 1. The van der Waals surface area contributed by atoms with Crippen molar-refractivity contribution in [2.45, 2.75) is 38.9 Å². The molecule has 3 heteroatoms. The van der Waals surface area contributed by atoms with Gasteiger partial charge in [0.2, 0.25) is 0 Å². The molecule has 0 saturated carbocycles. The van der Waals surface area contributed by atoms with Crippen LogP contribution in [0.3, 0.4) is 0 Å². The lowest BCUT2D eigenvalue weighted by atomic mass is 9.94. The zero-order chi connectivity index (χ0) is 13.0. The number of hydrogen-bond donors (Lipinski definition) is 0. The van der Waals surface area contributed by atoms with Gasteiger partial charge in [0.25, 0.3) is 0 Å². The second-order valence-electron chi connectivity index (χ2n) is 4.58. The Bertz CT molecular complexity index is 395. The van der Waals surface area contributed by atoms with Gasteiger partial charge >= 0.3 is 0 Å². The predicted octanol–water partition coefficient (Wildman–Crippen LogP) is 3.26. The predicted molar refractivity (Wildman–Crippen MR) is 70.9 cm³/mol. The van der Waals surface area contributed by atoms with Crippen LogP contribution in [0.4, 0.5) is 0 Å². The molecule has 100 valence electrons. The molecule has 0 unspecified atom stereocenters. The largest absolute Gasteiger partial charge is 0.497 e. The van der Waals surface area contributed by atoms with Crippen LogP contribution in [-0.2, 0) is 21.7 Å². The first-order chi connectivity index (χ1) is 8.75. The third-order valence-electron chi connectivity index (χ3n) is 3.44. The Hall–Kier alpha value is -1.06. The fourth-order valence-electron chi connectivity index (χ4n) is 2.58. The Kier molecular flexibility index (Phi) is 4.25. The molecule has 1 fully saturated rings. The van der Waals surface area contributed by atoms with E-state index in [-0.39, 0.29) is 0 Å². The van der Waals surface area contributed by atoms with Crippen LogP contribution in [0.25, 0.3) is 0 Å². The molecule has 0 N–H and O–H groups in total. The van der Waals surface area contributed by atoms with Crippen LogP contribution in [0.15, 0.2) is 18.2 Å². The second kappa shape index (κ2) is 5.72. The number of ether oxygens (including phenoxy) is 3. The van der Waals surface area contributed by atoms with Gasteiger partial charge in [-0.15, -0.1) is 0 Å². The van der Waals surface area contributed by atoms with E-state index in [1.54, 1.807) is 7.11 Å². The van der Waals surface area contributed by atoms with Gasteiger partial charge in [0.05, 0.1) is 20.3 Å². The van der Waals surface area contributed by atoms with Gasteiger partial charge in [0, 0.05) is 12.0 Å². The van der Waals surface area contributed by atoms with Gasteiger partial charge in [0.15, 0.2) is 5.79 Å². The molecule has 18 heavy (non-hydrogen) atoms. The van der Waals surface area contributed by atoms with Crippen molar-refractivity contribution in [2.24, 2.45) is 0 Å². The second-order valence-corrected chi connectivity index (χ2v) is 4.58. The van der Waals surface area contributed by atoms with E-state index in [4.69, 9.17) is 14.2 Å². The summed E-state index contributed by atoms with van der Waals surface area (Å²) in [5, 5.41) is 0.